The van der Waals surface area contributed by atoms with Gasteiger partial charge in [0.2, 0.25) is 11.8 Å². The molecule has 166 valence electrons. The molecule has 0 aromatic carbocycles. The number of aliphatic hydroxyl groups is 1. The van der Waals surface area contributed by atoms with Gasteiger partial charge in [-0.25, -0.2) is 14.4 Å². The van der Waals surface area contributed by atoms with Crippen LogP contribution in [-0.4, -0.2) is 66.6 Å². The lowest BCUT2D eigenvalue weighted by atomic mass is 9.77. The molecule has 1 saturated carbocycles. The molecule has 2 fully saturated rings. The SMILES string of the molecule is O=S1COc2nc(N3CCC(c4ncc(Cl)cn4)C(F)C3)nc(NC3(CO)CCC3)c21. The first kappa shape index (κ1) is 20.8. The van der Waals surface area contributed by atoms with E-state index >= 15 is 4.39 Å². The Labute approximate surface area is 185 Å². The lowest BCUT2D eigenvalue weighted by molar-refractivity contribution is 0.143. The third-order valence-corrected chi connectivity index (χ3v) is 7.50. The van der Waals surface area contributed by atoms with Gasteiger partial charge >= 0.3 is 0 Å². The normalized spacial score (nSPS) is 26.7. The predicted molar refractivity (Wildman–Crippen MR) is 113 cm³/mol. The first-order valence-corrected chi connectivity index (χ1v) is 11.9. The number of aromatic nitrogens is 4. The summed E-state index contributed by atoms with van der Waals surface area (Å²) in [7, 11) is -1.39. The molecule has 3 aliphatic rings. The van der Waals surface area contributed by atoms with Crippen molar-refractivity contribution in [2.75, 3.05) is 35.9 Å². The van der Waals surface area contributed by atoms with Crippen LogP contribution >= 0.6 is 11.6 Å². The average Bonchev–Trinajstić information content (AvgIpc) is 3.12. The van der Waals surface area contributed by atoms with Crippen LogP contribution in [0.15, 0.2) is 17.3 Å². The van der Waals surface area contributed by atoms with E-state index in [1.165, 1.54) is 12.4 Å². The molecule has 0 radical (unpaired) electrons. The van der Waals surface area contributed by atoms with E-state index in [1.807, 2.05) is 0 Å². The molecule has 2 aliphatic heterocycles. The maximum atomic E-state index is 15.1. The number of ether oxygens (including phenoxy) is 1. The molecule has 2 N–H and O–H groups in total. The maximum Gasteiger partial charge on any atom is 0.238 e. The average molecular weight is 469 g/mol. The van der Waals surface area contributed by atoms with Crippen LogP contribution < -0.4 is 15.0 Å². The van der Waals surface area contributed by atoms with Crippen LogP contribution in [0.5, 0.6) is 5.88 Å². The Morgan fingerprint density at radius 1 is 1.35 bits per heavy atom. The number of fused-ring (bicyclic) bond motifs is 1. The van der Waals surface area contributed by atoms with Gasteiger partial charge in [0.1, 0.15) is 27.7 Å². The summed E-state index contributed by atoms with van der Waals surface area (Å²) < 4.78 is 33.0. The minimum Gasteiger partial charge on any atom is -0.463 e. The smallest absolute Gasteiger partial charge is 0.238 e. The molecule has 0 amide bonds. The first-order valence-electron chi connectivity index (χ1n) is 10.2. The summed E-state index contributed by atoms with van der Waals surface area (Å²) in [6.45, 7) is 0.528. The van der Waals surface area contributed by atoms with Gasteiger partial charge in [0.15, 0.2) is 11.8 Å². The molecule has 2 aromatic heterocycles. The Balaban J connectivity index is 1.40. The quantitative estimate of drug-likeness (QED) is 0.680. The summed E-state index contributed by atoms with van der Waals surface area (Å²) in [5.74, 6) is 0.959. The van der Waals surface area contributed by atoms with E-state index < -0.39 is 28.4 Å². The van der Waals surface area contributed by atoms with Crippen LogP contribution in [0.1, 0.15) is 37.4 Å². The third kappa shape index (κ3) is 3.83. The van der Waals surface area contributed by atoms with E-state index in [-0.39, 0.29) is 25.0 Å². The summed E-state index contributed by atoms with van der Waals surface area (Å²) in [5.41, 5.74) is -0.478. The van der Waals surface area contributed by atoms with Crippen molar-refractivity contribution in [3.8, 4) is 5.88 Å². The Morgan fingerprint density at radius 3 is 2.77 bits per heavy atom. The predicted octanol–water partition coefficient (Wildman–Crippen LogP) is 2.04. The number of alkyl halides is 1. The summed E-state index contributed by atoms with van der Waals surface area (Å²) in [4.78, 5) is 19.5. The molecule has 0 bridgehead atoms. The van der Waals surface area contributed by atoms with Crippen LogP contribution in [0, 0.1) is 0 Å². The second-order valence-corrected chi connectivity index (χ2v) is 9.92. The second-order valence-electron chi connectivity index (χ2n) is 8.15. The van der Waals surface area contributed by atoms with E-state index in [4.69, 9.17) is 16.3 Å². The molecule has 1 saturated heterocycles. The highest BCUT2D eigenvalue weighted by atomic mass is 35.5. The Kier molecular flexibility index (Phi) is 5.43. The molecule has 9 nitrogen and oxygen atoms in total. The fourth-order valence-corrected chi connectivity index (χ4v) is 5.23. The number of halogens is 2. The fraction of sp³-hybridized carbons (Fsp3) is 0.579. The standard InChI is InChI=1S/C19H22ClFN6O3S/c20-11-6-22-15(23-7-11)12-2-5-27(8-13(12)21)18-24-16(26-19(9-28)3-1-4-19)14-17(25-18)30-10-31(14)29/h6-7,12-13,28H,1-5,8-10H2,(H,24,25,26). The van der Waals surface area contributed by atoms with Gasteiger partial charge in [-0.3, -0.25) is 4.21 Å². The molecule has 2 aromatic rings. The number of anilines is 2. The van der Waals surface area contributed by atoms with Crippen molar-refractivity contribution in [1.82, 2.24) is 19.9 Å². The van der Waals surface area contributed by atoms with Crippen LogP contribution in [0.4, 0.5) is 16.2 Å². The van der Waals surface area contributed by atoms with Gasteiger partial charge in [0.05, 0.1) is 29.6 Å². The van der Waals surface area contributed by atoms with Crippen molar-refractivity contribution in [1.29, 1.82) is 0 Å². The number of nitrogens with one attached hydrogen (secondary N) is 1. The zero-order valence-corrected chi connectivity index (χ0v) is 18.2. The lowest BCUT2D eigenvalue weighted by Crippen LogP contribution is -2.49. The molecule has 31 heavy (non-hydrogen) atoms. The Hall–Kier alpha value is -2.11. The zero-order valence-electron chi connectivity index (χ0n) is 16.6. The number of hydrogen-bond acceptors (Lipinski definition) is 9. The van der Waals surface area contributed by atoms with Crippen molar-refractivity contribution in [3.05, 3.63) is 23.2 Å². The van der Waals surface area contributed by atoms with Gasteiger partial charge in [-0.05, 0) is 25.7 Å². The van der Waals surface area contributed by atoms with Crippen molar-refractivity contribution in [2.24, 2.45) is 0 Å². The van der Waals surface area contributed by atoms with Crippen molar-refractivity contribution in [3.63, 3.8) is 0 Å². The fourth-order valence-electron chi connectivity index (χ4n) is 4.18. The summed E-state index contributed by atoms with van der Waals surface area (Å²) in [5, 5.41) is 13.5. The molecule has 3 unspecified atom stereocenters. The topological polar surface area (TPSA) is 113 Å². The highest BCUT2D eigenvalue weighted by Crippen LogP contribution is 2.41. The minimum atomic E-state index is -1.39. The summed E-state index contributed by atoms with van der Waals surface area (Å²) in [6.07, 6.45) is 4.80. The first-order chi connectivity index (χ1) is 15.0. The number of hydrogen-bond donors (Lipinski definition) is 2. The Morgan fingerprint density at radius 2 is 2.13 bits per heavy atom. The van der Waals surface area contributed by atoms with Gasteiger partial charge in [0.25, 0.3) is 0 Å². The molecule has 12 heteroatoms. The number of rotatable bonds is 5. The van der Waals surface area contributed by atoms with Gasteiger partial charge in [0, 0.05) is 18.9 Å². The van der Waals surface area contributed by atoms with Gasteiger partial charge < -0.3 is 20.1 Å². The third-order valence-electron chi connectivity index (χ3n) is 6.15. The van der Waals surface area contributed by atoms with Gasteiger partial charge in [-0.15, -0.1) is 0 Å². The minimum absolute atomic E-state index is 0.00991. The molecular weight excluding hydrogens is 447 g/mol. The van der Waals surface area contributed by atoms with E-state index in [2.05, 4.69) is 25.3 Å². The van der Waals surface area contributed by atoms with E-state index in [0.29, 0.717) is 40.5 Å². The van der Waals surface area contributed by atoms with E-state index in [0.717, 1.165) is 19.3 Å². The van der Waals surface area contributed by atoms with Crippen LogP contribution in [0.2, 0.25) is 5.02 Å². The van der Waals surface area contributed by atoms with Crippen LogP contribution in [0.3, 0.4) is 0 Å². The number of nitrogens with zero attached hydrogens (tertiary/aromatic N) is 5. The number of aliphatic hydroxyl groups excluding tert-OH is 1. The van der Waals surface area contributed by atoms with Gasteiger partial charge in [-0.2, -0.15) is 9.97 Å². The van der Waals surface area contributed by atoms with Gasteiger partial charge in [-0.1, -0.05) is 11.6 Å². The lowest BCUT2D eigenvalue weighted by Gasteiger charge is -2.41. The van der Waals surface area contributed by atoms with E-state index in [1.54, 1.807) is 4.90 Å². The maximum absolute atomic E-state index is 15.1. The monoisotopic (exact) mass is 468 g/mol. The van der Waals surface area contributed by atoms with Crippen molar-refractivity contribution in [2.45, 2.75) is 48.2 Å². The summed E-state index contributed by atoms with van der Waals surface area (Å²) >= 11 is 5.83. The Bertz CT molecular complexity index is 1000. The molecule has 0 spiro atoms. The highest BCUT2D eigenvalue weighted by Gasteiger charge is 2.40. The largest absolute Gasteiger partial charge is 0.463 e. The van der Waals surface area contributed by atoms with Crippen molar-refractivity contribution >= 4 is 34.2 Å². The van der Waals surface area contributed by atoms with Crippen LogP contribution in [-0.2, 0) is 10.8 Å². The van der Waals surface area contributed by atoms with E-state index in [9.17, 15) is 9.32 Å². The zero-order chi connectivity index (χ0) is 21.6. The molecule has 4 heterocycles. The molecular formula is C19H22ClFN6O3S. The summed E-state index contributed by atoms with van der Waals surface area (Å²) in [6, 6.07) is 0. The van der Waals surface area contributed by atoms with Crippen LogP contribution in [0.25, 0.3) is 0 Å². The number of piperidine rings is 1. The highest BCUT2D eigenvalue weighted by molar-refractivity contribution is 7.85. The molecule has 1 aliphatic carbocycles. The second kappa shape index (κ2) is 8.10. The molecule has 3 atom stereocenters. The van der Waals surface area contributed by atoms with Crippen molar-refractivity contribution < 1.29 is 18.4 Å². The molecule has 5 rings (SSSR count).